The van der Waals surface area contributed by atoms with Crippen molar-refractivity contribution in [2.75, 3.05) is 7.11 Å². The van der Waals surface area contributed by atoms with E-state index in [-0.39, 0.29) is 6.03 Å². The predicted molar refractivity (Wildman–Crippen MR) is 77.6 cm³/mol. The van der Waals surface area contributed by atoms with Crippen LogP contribution in [0.4, 0.5) is 4.79 Å². The Morgan fingerprint density at radius 1 is 1.50 bits per heavy atom. The van der Waals surface area contributed by atoms with Gasteiger partial charge < -0.3 is 15.4 Å². The van der Waals surface area contributed by atoms with E-state index in [0.29, 0.717) is 24.4 Å². The molecule has 2 amide bonds. The van der Waals surface area contributed by atoms with E-state index in [2.05, 4.69) is 22.5 Å². The zero-order chi connectivity index (χ0) is 14.4. The number of urea groups is 1. The molecule has 2 unspecified atom stereocenters. The van der Waals surface area contributed by atoms with E-state index >= 15 is 0 Å². The maximum Gasteiger partial charge on any atom is 0.315 e. The third-order valence-corrected chi connectivity index (χ3v) is 3.73. The lowest BCUT2D eigenvalue weighted by Gasteiger charge is -2.27. The van der Waals surface area contributed by atoms with Crippen LogP contribution in [0.2, 0.25) is 0 Å². The van der Waals surface area contributed by atoms with Gasteiger partial charge in [0.05, 0.1) is 7.11 Å². The average molecular weight is 277 g/mol. The fourth-order valence-corrected chi connectivity index (χ4v) is 2.66. The summed E-state index contributed by atoms with van der Waals surface area (Å²) in [5.74, 6) is 1.27. The number of methoxy groups -OCH3 is 1. The number of hydrogen-bond acceptors (Lipinski definition) is 3. The van der Waals surface area contributed by atoms with Gasteiger partial charge in [-0.15, -0.1) is 0 Å². The Bertz CT molecular complexity index is 450. The van der Waals surface area contributed by atoms with Crippen LogP contribution in [0.3, 0.4) is 0 Å². The zero-order valence-corrected chi connectivity index (χ0v) is 12.2. The number of pyridine rings is 1. The molecule has 1 heterocycles. The van der Waals surface area contributed by atoms with Crippen molar-refractivity contribution in [1.29, 1.82) is 0 Å². The van der Waals surface area contributed by atoms with Crippen LogP contribution in [0, 0.1) is 5.92 Å². The Hall–Kier alpha value is -1.78. The van der Waals surface area contributed by atoms with E-state index in [1.165, 1.54) is 12.8 Å². The molecule has 5 heteroatoms. The van der Waals surface area contributed by atoms with Gasteiger partial charge in [0, 0.05) is 24.8 Å². The Labute approximate surface area is 120 Å². The second-order valence-electron chi connectivity index (χ2n) is 5.50. The summed E-state index contributed by atoms with van der Waals surface area (Å²) in [6, 6.07) is 3.90. The van der Waals surface area contributed by atoms with Gasteiger partial charge in [-0.3, -0.25) is 0 Å². The monoisotopic (exact) mass is 277 g/mol. The first-order chi connectivity index (χ1) is 9.67. The fraction of sp³-hybridized carbons (Fsp3) is 0.600. The normalized spacial score (nSPS) is 22.1. The zero-order valence-electron chi connectivity index (χ0n) is 12.2. The van der Waals surface area contributed by atoms with Crippen molar-refractivity contribution in [1.82, 2.24) is 15.6 Å². The van der Waals surface area contributed by atoms with Crippen LogP contribution < -0.4 is 15.4 Å². The number of hydrogen-bond donors (Lipinski definition) is 2. The van der Waals surface area contributed by atoms with Gasteiger partial charge in [0.25, 0.3) is 0 Å². The van der Waals surface area contributed by atoms with Crippen molar-refractivity contribution in [3.05, 3.63) is 23.9 Å². The number of carbonyl (C=O) groups excluding carboxylic acids is 1. The maximum atomic E-state index is 11.9. The van der Waals surface area contributed by atoms with Gasteiger partial charge in [0.15, 0.2) is 0 Å². The Kier molecular flexibility index (Phi) is 5.21. The number of nitrogens with zero attached hydrogens (tertiary/aromatic N) is 1. The second kappa shape index (κ2) is 7.12. The van der Waals surface area contributed by atoms with Crippen LogP contribution in [0.1, 0.15) is 38.2 Å². The van der Waals surface area contributed by atoms with Crippen molar-refractivity contribution < 1.29 is 9.53 Å². The molecule has 110 valence electrons. The predicted octanol–water partition coefficient (Wildman–Crippen LogP) is 2.47. The summed E-state index contributed by atoms with van der Waals surface area (Å²) < 4.78 is 5.06. The molecule has 2 rings (SSSR count). The van der Waals surface area contributed by atoms with Gasteiger partial charge in [0.1, 0.15) is 0 Å². The van der Waals surface area contributed by atoms with Gasteiger partial charge in [-0.2, -0.15) is 0 Å². The molecule has 20 heavy (non-hydrogen) atoms. The number of rotatable bonds is 4. The molecular weight excluding hydrogens is 254 g/mol. The summed E-state index contributed by atoms with van der Waals surface area (Å²) in [5, 5.41) is 5.93. The molecule has 1 aliphatic carbocycles. The number of amides is 2. The van der Waals surface area contributed by atoms with Crippen molar-refractivity contribution in [2.45, 2.75) is 45.2 Å². The Morgan fingerprint density at radius 3 is 3.10 bits per heavy atom. The van der Waals surface area contributed by atoms with Gasteiger partial charge in [0.2, 0.25) is 5.88 Å². The minimum Gasteiger partial charge on any atom is -0.481 e. The van der Waals surface area contributed by atoms with Crippen LogP contribution >= 0.6 is 0 Å². The molecule has 1 fully saturated rings. The molecular formula is C15H23N3O2. The molecule has 2 atom stereocenters. The molecule has 0 bridgehead atoms. The molecule has 1 aromatic rings. The van der Waals surface area contributed by atoms with Gasteiger partial charge in [-0.05, 0) is 30.4 Å². The van der Waals surface area contributed by atoms with Crippen LogP contribution in [-0.4, -0.2) is 24.2 Å². The van der Waals surface area contributed by atoms with Crippen molar-refractivity contribution in [3.63, 3.8) is 0 Å². The molecule has 2 N–H and O–H groups in total. The van der Waals surface area contributed by atoms with E-state index in [0.717, 1.165) is 18.4 Å². The summed E-state index contributed by atoms with van der Waals surface area (Å²) in [4.78, 5) is 15.9. The van der Waals surface area contributed by atoms with E-state index in [9.17, 15) is 4.79 Å². The van der Waals surface area contributed by atoms with E-state index in [4.69, 9.17) is 4.74 Å². The lowest BCUT2D eigenvalue weighted by molar-refractivity contribution is 0.227. The summed E-state index contributed by atoms with van der Waals surface area (Å²) in [6.07, 6.45) is 6.32. The fourth-order valence-electron chi connectivity index (χ4n) is 2.66. The molecule has 0 saturated heterocycles. The van der Waals surface area contributed by atoms with Crippen LogP contribution in [0.15, 0.2) is 18.3 Å². The highest BCUT2D eigenvalue weighted by molar-refractivity contribution is 5.74. The van der Waals surface area contributed by atoms with Crippen LogP contribution in [0.25, 0.3) is 0 Å². The van der Waals surface area contributed by atoms with Gasteiger partial charge in [-0.1, -0.05) is 19.8 Å². The highest BCUT2D eigenvalue weighted by atomic mass is 16.5. The smallest absolute Gasteiger partial charge is 0.315 e. The van der Waals surface area contributed by atoms with E-state index in [1.807, 2.05) is 12.1 Å². The second-order valence-corrected chi connectivity index (χ2v) is 5.50. The topological polar surface area (TPSA) is 63.2 Å². The first-order valence-electron chi connectivity index (χ1n) is 7.20. The number of ether oxygens (including phenoxy) is 1. The van der Waals surface area contributed by atoms with E-state index < -0.39 is 0 Å². The molecule has 0 spiro atoms. The first kappa shape index (κ1) is 14.6. The summed E-state index contributed by atoms with van der Waals surface area (Å²) in [7, 11) is 1.58. The van der Waals surface area contributed by atoms with Crippen molar-refractivity contribution in [2.24, 2.45) is 5.92 Å². The summed E-state index contributed by atoms with van der Waals surface area (Å²) >= 11 is 0. The van der Waals surface area contributed by atoms with Crippen molar-refractivity contribution >= 4 is 6.03 Å². The SMILES string of the molecule is COc1cc(CNC(=O)NC2CCCC(C)C2)ccn1. The molecule has 0 aliphatic heterocycles. The van der Waals surface area contributed by atoms with Crippen molar-refractivity contribution in [3.8, 4) is 5.88 Å². The molecule has 0 radical (unpaired) electrons. The van der Waals surface area contributed by atoms with Crippen LogP contribution in [0.5, 0.6) is 5.88 Å². The summed E-state index contributed by atoms with van der Waals surface area (Å²) in [6.45, 7) is 2.72. The number of nitrogens with one attached hydrogen (secondary N) is 2. The van der Waals surface area contributed by atoms with Crippen LogP contribution in [-0.2, 0) is 6.54 Å². The molecule has 1 aromatic heterocycles. The number of carbonyl (C=O) groups is 1. The minimum absolute atomic E-state index is 0.0973. The third-order valence-electron chi connectivity index (χ3n) is 3.73. The quantitative estimate of drug-likeness (QED) is 0.888. The highest BCUT2D eigenvalue weighted by Gasteiger charge is 2.20. The Morgan fingerprint density at radius 2 is 2.35 bits per heavy atom. The average Bonchev–Trinajstić information content (AvgIpc) is 2.45. The van der Waals surface area contributed by atoms with Gasteiger partial charge in [-0.25, -0.2) is 9.78 Å². The Balaban J connectivity index is 1.76. The lowest BCUT2D eigenvalue weighted by atomic mass is 9.87. The summed E-state index contributed by atoms with van der Waals surface area (Å²) in [5.41, 5.74) is 0.976. The molecule has 1 saturated carbocycles. The standard InChI is InChI=1S/C15H23N3O2/c1-11-4-3-5-13(8-11)18-15(19)17-10-12-6-7-16-14(9-12)20-2/h6-7,9,11,13H,3-5,8,10H2,1-2H3,(H2,17,18,19). The minimum atomic E-state index is -0.0973. The largest absolute Gasteiger partial charge is 0.481 e. The number of aromatic nitrogens is 1. The van der Waals surface area contributed by atoms with E-state index in [1.54, 1.807) is 13.3 Å². The van der Waals surface area contributed by atoms with Gasteiger partial charge >= 0.3 is 6.03 Å². The lowest BCUT2D eigenvalue weighted by Crippen LogP contribution is -2.43. The first-order valence-corrected chi connectivity index (χ1v) is 7.20. The molecule has 1 aliphatic rings. The molecule has 5 nitrogen and oxygen atoms in total. The maximum absolute atomic E-state index is 11.9. The highest BCUT2D eigenvalue weighted by Crippen LogP contribution is 2.23. The molecule has 0 aromatic carbocycles. The third kappa shape index (κ3) is 4.40.